The van der Waals surface area contributed by atoms with Crippen LogP contribution in [0, 0.1) is 0 Å². The fourth-order valence-corrected chi connectivity index (χ4v) is 3.80. The number of hydrogen-bond acceptors (Lipinski definition) is 4. The van der Waals surface area contributed by atoms with E-state index in [9.17, 15) is 0 Å². The molecular formula is C17H19BrClN5. The van der Waals surface area contributed by atoms with Crippen LogP contribution >= 0.6 is 27.5 Å². The van der Waals surface area contributed by atoms with Crippen LogP contribution in [0.2, 0.25) is 5.02 Å². The van der Waals surface area contributed by atoms with Gasteiger partial charge in [0.1, 0.15) is 4.61 Å². The van der Waals surface area contributed by atoms with Crippen LogP contribution in [-0.2, 0) is 0 Å². The summed E-state index contributed by atoms with van der Waals surface area (Å²) in [4.78, 5) is 12.0. The van der Waals surface area contributed by atoms with Gasteiger partial charge in [-0.15, -0.1) is 0 Å². The smallest absolute Gasteiger partial charge is 0.172 e. The normalized spacial score (nSPS) is 28.2. The summed E-state index contributed by atoms with van der Waals surface area (Å²) < 4.78 is 0.985. The van der Waals surface area contributed by atoms with Gasteiger partial charge < -0.3 is 15.5 Å². The molecule has 3 aliphatic heterocycles. The molecule has 126 valence electrons. The van der Waals surface area contributed by atoms with Crippen LogP contribution in [0.1, 0.15) is 24.4 Å². The fourth-order valence-electron chi connectivity index (χ4n) is 3.25. The number of fused-ring (bicyclic) bond motifs is 1. The first kappa shape index (κ1) is 16.1. The summed E-state index contributed by atoms with van der Waals surface area (Å²) in [5.74, 6) is 1.78. The van der Waals surface area contributed by atoms with Gasteiger partial charge in [-0.05, 0) is 53.0 Å². The highest BCUT2D eigenvalue weighted by molar-refractivity contribution is 9.11. The number of nitrogens with zero attached hydrogens (tertiary/aromatic N) is 3. The Hall–Kier alpha value is -1.37. The van der Waals surface area contributed by atoms with Crippen LogP contribution < -0.4 is 10.6 Å². The first-order valence-electron chi connectivity index (χ1n) is 8.22. The zero-order chi connectivity index (χ0) is 16.5. The lowest BCUT2D eigenvalue weighted by atomic mass is 10.1. The zero-order valence-electron chi connectivity index (χ0n) is 13.2. The van der Waals surface area contributed by atoms with Gasteiger partial charge in [-0.1, -0.05) is 23.7 Å². The lowest BCUT2D eigenvalue weighted by Crippen LogP contribution is -2.44. The van der Waals surface area contributed by atoms with Gasteiger partial charge in [0.25, 0.3) is 0 Å². The number of hydrogen-bond donors (Lipinski definition) is 2. The van der Waals surface area contributed by atoms with Crippen molar-refractivity contribution in [3.05, 3.63) is 45.7 Å². The third-order valence-corrected chi connectivity index (χ3v) is 5.43. The molecule has 0 aliphatic carbocycles. The number of rotatable bonds is 2. The molecule has 2 N–H and O–H groups in total. The Balaban J connectivity index is 1.62. The zero-order valence-corrected chi connectivity index (χ0v) is 15.5. The number of piperidine rings is 1. The van der Waals surface area contributed by atoms with Crippen LogP contribution in [0.25, 0.3) is 0 Å². The summed E-state index contributed by atoms with van der Waals surface area (Å²) in [5.41, 5.74) is 1.17. The van der Waals surface area contributed by atoms with E-state index in [2.05, 4.69) is 31.5 Å². The van der Waals surface area contributed by atoms with Gasteiger partial charge in [0.15, 0.2) is 11.7 Å². The highest BCUT2D eigenvalue weighted by atomic mass is 79.9. The van der Waals surface area contributed by atoms with E-state index < -0.39 is 0 Å². The van der Waals surface area contributed by atoms with Gasteiger partial charge in [-0.25, -0.2) is 0 Å². The maximum absolute atomic E-state index is 6.00. The Morgan fingerprint density at radius 1 is 1.29 bits per heavy atom. The second-order valence-electron chi connectivity index (χ2n) is 6.22. The largest absolute Gasteiger partial charge is 0.341 e. The molecule has 7 heteroatoms. The van der Waals surface area contributed by atoms with Gasteiger partial charge >= 0.3 is 0 Å². The number of halogens is 2. The van der Waals surface area contributed by atoms with E-state index >= 15 is 0 Å². The highest BCUT2D eigenvalue weighted by Gasteiger charge is 2.33. The Labute approximate surface area is 155 Å². The molecule has 1 unspecified atom stereocenters. The van der Waals surface area contributed by atoms with E-state index in [1.54, 1.807) is 0 Å². The number of amidine groups is 2. The molecule has 24 heavy (non-hydrogen) atoms. The van der Waals surface area contributed by atoms with Crippen LogP contribution in [0.5, 0.6) is 0 Å². The maximum Gasteiger partial charge on any atom is 0.172 e. The molecule has 0 saturated carbocycles. The Morgan fingerprint density at radius 3 is 2.88 bits per heavy atom. The van der Waals surface area contributed by atoms with Crippen molar-refractivity contribution in [2.75, 3.05) is 19.6 Å². The van der Waals surface area contributed by atoms with E-state index in [-0.39, 0.29) is 6.04 Å². The van der Waals surface area contributed by atoms with E-state index in [1.807, 2.05) is 30.5 Å². The van der Waals surface area contributed by atoms with Gasteiger partial charge in [-0.3, -0.25) is 9.98 Å². The molecule has 1 aromatic carbocycles. The summed E-state index contributed by atoms with van der Waals surface area (Å²) in [5, 5.41) is 7.44. The third kappa shape index (κ3) is 3.23. The number of aliphatic imine (C=N–C) groups is 2. The number of benzene rings is 1. The SMILES string of the molecule is Clc1ccc(C2CN3C(Br)=CNC(=N[C@H]4CCCNC4)C3=N2)cc1. The van der Waals surface area contributed by atoms with Crippen molar-refractivity contribution in [3.63, 3.8) is 0 Å². The van der Waals surface area contributed by atoms with Gasteiger partial charge in [-0.2, -0.15) is 0 Å². The van der Waals surface area contributed by atoms with Crippen LogP contribution in [0.3, 0.4) is 0 Å². The molecule has 0 amide bonds. The average Bonchev–Trinajstić information content (AvgIpc) is 3.05. The summed E-state index contributed by atoms with van der Waals surface area (Å²) >= 11 is 9.61. The quantitative estimate of drug-likeness (QED) is 0.740. The van der Waals surface area contributed by atoms with Gasteiger partial charge in [0.05, 0.1) is 18.6 Å². The van der Waals surface area contributed by atoms with Crippen molar-refractivity contribution in [2.24, 2.45) is 9.98 Å². The molecule has 5 nitrogen and oxygen atoms in total. The van der Waals surface area contributed by atoms with Crippen molar-refractivity contribution in [2.45, 2.75) is 24.9 Å². The molecule has 1 fully saturated rings. The maximum atomic E-state index is 6.00. The Morgan fingerprint density at radius 2 is 2.12 bits per heavy atom. The van der Waals surface area contributed by atoms with E-state index in [0.29, 0.717) is 6.04 Å². The molecular weight excluding hydrogens is 390 g/mol. The van der Waals surface area contributed by atoms with Crippen LogP contribution in [-0.4, -0.2) is 42.2 Å². The predicted octanol–water partition coefficient (Wildman–Crippen LogP) is 3.04. The second kappa shape index (κ2) is 6.86. The molecule has 1 aromatic rings. The molecule has 0 aromatic heterocycles. The molecule has 1 saturated heterocycles. The van der Waals surface area contributed by atoms with E-state index in [1.165, 1.54) is 12.0 Å². The standard InChI is InChI=1S/C17H19BrClN5/c18-15-9-21-16(22-13-2-1-7-20-8-13)17-23-14(10-24(15)17)11-3-5-12(19)6-4-11/h3-6,9,13-14,20H,1-2,7-8,10H2,(H,21,22)/t13-,14?/m0/s1. The minimum atomic E-state index is 0.0906. The van der Waals surface area contributed by atoms with E-state index in [4.69, 9.17) is 21.6 Å². The summed E-state index contributed by atoms with van der Waals surface area (Å²) in [6.07, 6.45) is 4.24. The monoisotopic (exact) mass is 407 g/mol. The average molecular weight is 409 g/mol. The first-order valence-corrected chi connectivity index (χ1v) is 9.40. The Kier molecular flexibility index (Phi) is 4.61. The predicted molar refractivity (Wildman–Crippen MR) is 102 cm³/mol. The lowest BCUT2D eigenvalue weighted by Gasteiger charge is -2.27. The topological polar surface area (TPSA) is 52.0 Å². The Bertz CT molecular complexity index is 706. The summed E-state index contributed by atoms with van der Waals surface area (Å²) in [6, 6.07) is 8.32. The molecule has 2 atom stereocenters. The summed E-state index contributed by atoms with van der Waals surface area (Å²) in [7, 11) is 0. The minimum Gasteiger partial charge on any atom is -0.341 e. The molecule has 4 rings (SSSR count). The molecule has 0 spiro atoms. The fraction of sp³-hybridized carbons (Fsp3) is 0.412. The van der Waals surface area contributed by atoms with Crippen molar-refractivity contribution < 1.29 is 0 Å². The molecule has 0 bridgehead atoms. The third-order valence-electron chi connectivity index (χ3n) is 4.52. The minimum absolute atomic E-state index is 0.0906. The summed E-state index contributed by atoms with van der Waals surface area (Å²) in [6.45, 7) is 2.83. The van der Waals surface area contributed by atoms with Gasteiger partial charge in [0.2, 0.25) is 0 Å². The molecule has 3 heterocycles. The van der Waals surface area contributed by atoms with Crippen LogP contribution in [0.4, 0.5) is 0 Å². The first-order chi connectivity index (χ1) is 11.7. The van der Waals surface area contributed by atoms with Crippen molar-refractivity contribution >= 4 is 39.2 Å². The van der Waals surface area contributed by atoms with Crippen molar-refractivity contribution in [3.8, 4) is 0 Å². The van der Waals surface area contributed by atoms with E-state index in [0.717, 1.165) is 47.4 Å². The molecule has 3 aliphatic rings. The molecule has 0 radical (unpaired) electrons. The number of nitrogens with one attached hydrogen (secondary N) is 2. The second-order valence-corrected chi connectivity index (χ2v) is 7.47. The highest BCUT2D eigenvalue weighted by Crippen LogP contribution is 2.31. The van der Waals surface area contributed by atoms with Crippen molar-refractivity contribution in [1.82, 2.24) is 15.5 Å². The lowest BCUT2D eigenvalue weighted by molar-refractivity contribution is 0.460. The van der Waals surface area contributed by atoms with Crippen LogP contribution in [0.15, 0.2) is 45.1 Å². The van der Waals surface area contributed by atoms with Gasteiger partial charge in [0, 0.05) is 17.8 Å². The van der Waals surface area contributed by atoms with Crippen molar-refractivity contribution in [1.29, 1.82) is 0 Å².